The van der Waals surface area contributed by atoms with Crippen molar-refractivity contribution in [3.05, 3.63) is 24.0 Å². The Labute approximate surface area is 96.0 Å². The molecule has 1 saturated heterocycles. The smallest absolute Gasteiger partial charge is 0.124 e. The molecule has 1 aromatic rings. The molecule has 1 fully saturated rings. The van der Waals surface area contributed by atoms with Gasteiger partial charge in [0, 0.05) is 25.2 Å². The fourth-order valence-electron chi connectivity index (χ4n) is 1.68. The highest BCUT2D eigenvalue weighted by molar-refractivity contribution is 5.23. The lowest BCUT2D eigenvalue weighted by Crippen LogP contribution is -2.16. The lowest BCUT2D eigenvalue weighted by atomic mass is 10.3. The summed E-state index contributed by atoms with van der Waals surface area (Å²) < 4.78 is 11.1. The van der Waals surface area contributed by atoms with Crippen molar-refractivity contribution in [1.29, 1.82) is 0 Å². The fraction of sp³-hybridized carbons (Fsp3) is 0.583. The van der Waals surface area contributed by atoms with Crippen LogP contribution in [-0.4, -0.2) is 30.8 Å². The van der Waals surface area contributed by atoms with Crippen molar-refractivity contribution < 1.29 is 9.47 Å². The minimum Gasteiger partial charge on any atom is -0.488 e. The molecule has 1 unspecified atom stereocenters. The first kappa shape index (κ1) is 11.4. The van der Waals surface area contributed by atoms with Gasteiger partial charge < -0.3 is 14.8 Å². The minimum atomic E-state index is 0.203. The Bertz CT molecular complexity index is 325. The number of nitrogens with zero attached hydrogens (tertiary/aromatic N) is 1. The maximum Gasteiger partial charge on any atom is 0.124 e. The maximum atomic E-state index is 5.80. The van der Waals surface area contributed by atoms with Gasteiger partial charge in [0.15, 0.2) is 0 Å². The molecule has 0 amide bonds. The van der Waals surface area contributed by atoms with E-state index in [1.54, 1.807) is 6.20 Å². The molecular formula is C12H18N2O2. The SMILES string of the molecule is CCNCc1cc(OC2CCOC2)ccn1. The second-order valence-corrected chi connectivity index (χ2v) is 3.87. The van der Waals surface area contributed by atoms with Crippen LogP contribution in [-0.2, 0) is 11.3 Å². The van der Waals surface area contributed by atoms with Gasteiger partial charge in [0.25, 0.3) is 0 Å². The summed E-state index contributed by atoms with van der Waals surface area (Å²) in [6.45, 7) is 5.32. The third-order valence-corrected chi connectivity index (χ3v) is 2.53. The van der Waals surface area contributed by atoms with Crippen molar-refractivity contribution in [2.75, 3.05) is 19.8 Å². The predicted molar refractivity (Wildman–Crippen MR) is 61.5 cm³/mol. The first-order valence-corrected chi connectivity index (χ1v) is 5.78. The van der Waals surface area contributed by atoms with Gasteiger partial charge in [-0.1, -0.05) is 6.92 Å². The molecule has 1 atom stereocenters. The standard InChI is InChI=1S/C12H18N2O2/c1-2-13-8-10-7-11(3-5-14-10)16-12-4-6-15-9-12/h3,5,7,12-13H,2,4,6,8-9H2,1H3. The summed E-state index contributed by atoms with van der Waals surface area (Å²) in [7, 11) is 0. The van der Waals surface area contributed by atoms with E-state index in [9.17, 15) is 0 Å². The largest absolute Gasteiger partial charge is 0.488 e. The summed E-state index contributed by atoms with van der Waals surface area (Å²) in [4.78, 5) is 4.28. The van der Waals surface area contributed by atoms with Crippen molar-refractivity contribution in [2.24, 2.45) is 0 Å². The molecule has 0 saturated carbocycles. The Morgan fingerprint density at radius 2 is 2.56 bits per heavy atom. The number of pyridine rings is 1. The Morgan fingerprint density at radius 1 is 1.62 bits per heavy atom. The van der Waals surface area contributed by atoms with Crippen LogP contribution >= 0.6 is 0 Å². The molecule has 2 rings (SSSR count). The summed E-state index contributed by atoms with van der Waals surface area (Å²) in [5.74, 6) is 0.887. The quantitative estimate of drug-likeness (QED) is 0.817. The van der Waals surface area contributed by atoms with E-state index in [-0.39, 0.29) is 6.10 Å². The Balaban J connectivity index is 1.92. The van der Waals surface area contributed by atoms with Crippen LogP contribution in [0.3, 0.4) is 0 Å². The molecule has 0 aromatic carbocycles. The zero-order valence-electron chi connectivity index (χ0n) is 9.61. The van der Waals surface area contributed by atoms with Crippen LogP contribution in [0, 0.1) is 0 Å². The molecule has 1 aliphatic rings. The van der Waals surface area contributed by atoms with Gasteiger partial charge >= 0.3 is 0 Å². The molecular weight excluding hydrogens is 204 g/mol. The second-order valence-electron chi connectivity index (χ2n) is 3.87. The van der Waals surface area contributed by atoms with Crippen molar-refractivity contribution in [1.82, 2.24) is 10.3 Å². The molecule has 0 radical (unpaired) electrons. The summed E-state index contributed by atoms with van der Waals surface area (Å²) >= 11 is 0. The summed E-state index contributed by atoms with van der Waals surface area (Å²) in [5.41, 5.74) is 1.01. The molecule has 0 spiro atoms. The van der Waals surface area contributed by atoms with Crippen LogP contribution < -0.4 is 10.1 Å². The average molecular weight is 222 g/mol. The van der Waals surface area contributed by atoms with E-state index in [1.807, 2.05) is 12.1 Å². The van der Waals surface area contributed by atoms with E-state index >= 15 is 0 Å². The molecule has 1 aromatic heterocycles. The van der Waals surface area contributed by atoms with Gasteiger partial charge in [-0.05, 0) is 12.6 Å². The van der Waals surface area contributed by atoms with Gasteiger partial charge in [0.2, 0.25) is 0 Å². The Hall–Kier alpha value is -1.13. The highest BCUT2D eigenvalue weighted by atomic mass is 16.5. The van der Waals surface area contributed by atoms with Gasteiger partial charge in [0.1, 0.15) is 11.9 Å². The minimum absolute atomic E-state index is 0.203. The van der Waals surface area contributed by atoms with E-state index in [0.717, 1.165) is 37.6 Å². The third kappa shape index (κ3) is 3.18. The van der Waals surface area contributed by atoms with Gasteiger partial charge in [-0.2, -0.15) is 0 Å². The predicted octanol–water partition coefficient (Wildman–Crippen LogP) is 1.36. The number of hydrogen-bond donors (Lipinski definition) is 1. The molecule has 0 bridgehead atoms. The fourth-order valence-corrected chi connectivity index (χ4v) is 1.68. The van der Waals surface area contributed by atoms with E-state index in [2.05, 4.69) is 17.2 Å². The topological polar surface area (TPSA) is 43.4 Å². The zero-order chi connectivity index (χ0) is 11.2. The molecule has 1 aliphatic heterocycles. The van der Waals surface area contributed by atoms with E-state index < -0.39 is 0 Å². The number of nitrogens with one attached hydrogen (secondary N) is 1. The maximum absolute atomic E-state index is 5.80. The lowest BCUT2D eigenvalue weighted by molar-refractivity contribution is 0.141. The molecule has 2 heterocycles. The highest BCUT2D eigenvalue weighted by Crippen LogP contribution is 2.16. The van der Waals surface area contributed by atoms with Crippen LogP contribution in [0.2, 0.25) is 0 Å². The van der Waals surface area contributed by atoms with Gasteiger partial charge in [-0.25, -0.2) is 0 Å². The molecule has 4 heteroatoms. The Morgan fingerprint density at radius 3 is 3.31 bits per heavy atom. The summed E-state index contributed by atoms with van der Waals surface area (Å²) in [6.07, 6.45) is 2.97. The molecule has 16 heavy (non-hydrogen) atoms. The molecule has 1 N–H and O–H groups in total. The third-order valence-electron chi connectivity index (χ3n) is 2.53. The number of ether oxygens (including phenoxy) is 2. The van der Waals surface area contributed by atoms with Crippen molar-refractivity contribution in [3.63, 3.8) is 0 Å². The first-order valence-electron chi connectivity index (χ1n) is 5.78. The van der Waals surface area contributed by atoms with Crippen LogP contribution in [0.15, 0.2) is 18.3 Å². The normalized spacial score (nSPS) is 19.9. The monoisotopic (exact) mass is 222 g/mol. The summed E-state index contributed by atoms with van der Waals surface area (Å²) in [5, 5.41) is 3.24. The first-order chi connectivity index (χ1) is 7.88. The number of hydrogen-bond acceptors (Lipinski definition) is 4. The molecule has 0 aliphatic carbocycles. The van der Waals surface area contributed by atoms with Gasteiger partial charge in [0.05, 0.1) is 18.9 Å². The zero-order valence-corrected chi connectivity index (χ0v) is 9.61. The van der Waals surface area contributed by atoms with Crippen LogP contribution in [0.5, 0.6) is 5.75 Å². The van der Waals surface area contributed by atoms with Gasteiger partial charge in [-0.3, -0.25) is 4.98 Å². The van der Waals surface area contributed by atoms with E-state index in [0.29, 0.717) is 6.61 Å². The van der Waals surface area contributed by atoms with Crippen LogP contribution in [0.4, 0.5) is 0 Å². The number of aromatic nitrogens is 1. The van der Waals surface area contributed by atoms with Crippen molar-refractivity contribution >= 4 is 0 Å². The number of rotatable bonds is 5. The summed E-state index contributed by atoms with van der Waals surface area (Å²) in [6, 6.07) is 3.88. The second kappa shape index (κ2) is 5.82. The van der Waals surface area contributed by atoms with E-state index in [1.165, 1.54) is 0 Å². The highest BCUT2D eigenvalue weighted by Gasteiger charge is 2.17. The van der Waals surface area contributed by atoms with Crippen molar-refractivity contribution in [2.45, 2.75) is 26.0 Å². The Kier molecular flexibility index (Phi) is 4.13. The average Bonchev–Trinajstić information content (AvgIpc) is 2.80. The van der Waals surface area contributed by atoms with Crippen molar-refractivity contribution in [3.8, 4) is 5.75 Å². The van der Waals surface area contributed by atoms with Crippen LogP contribution in [0.25, 0.3) is 0 Å². The van der Waals surface area contributed by atoms with Crippen LogP contribution in [0.1, 0.15) is 19.0 Å². The molecule has 4 nitrogen and oxygen atoms in total. The molecule has 88 valence electrons. The van der Waals surface area contributed by atoms with E-state index in [4.69, 9.17) is 9.47 Å². The lowest BCUT2D eigenvalue weighted by Gasteiger charge is -2.12. The van der Waals surface area contributed by atoms with Gasteiger partial charge in [-0.15, -0.1) is 0 Å².